The molecule has 0 bridgehead atoms. The van der Waals surface area contributed by atoms with Crippen molar-refractivity contribution >= 4 is 16.0 Å². The Balaban J connectivity index is 1.28. The number of H-pyrrole nitrogens is 1. The predicted octanol–water partition coefficient (Wildman–Crippen LogP) is 5.84. The highest BCUT2D eigenvalue weighted by Gasteiger charge is 2.30. The van der Waals surface area contributed by atoms with Crippen molar-refractivity contribution in [2.24, 2.45) is 0 Å². The molecule has 4 N–H and O–H groups in total. The second-order valence-electron chi connectivity index (χ2n) is 9.31. The summed E-state index contributed by atoms with van der Waals surface area (Å²) >= 11 is 0. The van der Waals surface area contributed by atoms with Crippen LogP contribution in [0.3, 0.4) is 0 Å². The molecule has 0 aliphatic heterocycles. The molecule has 5 aromatic rings. The number of alkyl halides is 3. The van der Waals surface area contributed by atoms with Crippen molar-refractivity contribution in [2.75, 3.05) is 18.4 Å². The summed E-state index contributed by atoms with van der Waals surface area (Å²) in [6.07, 6.45) is -2.73. The van der Waals surface area contributed by atoms with Crippen molar-refractivity contribution in [1.82, 2.24) is 24.7 Å². The highest BCUT2D eigenvalue weighted by Crippen LogP contribution is 2.34. The maximum Gasteiger partial charge on any atom is 0.416 e. The number of rotatable bonds is 10. The fraction of sp³-hybridized carbons (Fsp3) is 0.138. The molecule has 3 aromatic carbocycles. The number of halogens is 4. The van der Waals surface area contributed by atoms with Crippen LogP contribution in [0.15, 0.2) is 90.0 Å². The van der Waals surface area contributed by atoms with Crippen molar-refractivity contribution in [1.29, 1.82) is 0 Å². The Bertz CT molecular complexity index is 1830. The lowest BCUT2D eigenvalue weighted by Gasteiger charge is -2.10. The van der Waals surface area contributed by atoms with Gasteiger partial charge in [0.15, 0.2) is 11.6 Å². The van der Waals surface area contributed by atoms with E-state index in [-0.39, 0.29) is 23.9 Å². The SMILES string of the molecule is O=S(=O)(NCCCNc1nccc(-c2[nH]c(-c3ccccc3)nc2-c2ccc(F)c(O)c2)n1)c1ccc(C(F)(F)F)cc1. The normalized spacial score (nSPS) is 11.9. The van der Waals surface area contributed by atoms with Gasteiger partial charge in [0.2, 0.25) is 16.0 Å². The molecule has 0 amide bonds. The fourth-order valence-electron chi connectivity index (χ4n) is 4.14. The summed E-state index contributed by atoms with van der Waals surface area (Å²) in [7, 11) is -4.00. The number of anilines is 1. The second-order valence-corrected chi connectivity index (χ2v) is 11.1. The van der Waals surface area contributed by atoms with Gasteiger partial charge in [-0.25, -0.2) is 32.5 Å². The van der Waals surface area contributed by atoms with Gasteiger partial charge in [0.05, 0.1) is 27.5 Å². The molecule has 0 saturated heterocycles. The minimum atomic E-state index is -4.56. The number of phenolic OH excluding ortho intramolecular Hbond substituents is 1. The zero-order valence-corrected chi connectivity index (χ0v) is 23.0. The molecular formula is C29H24F4N6O3S. The number of nitrogens with one attached hydrogen (secondary N) is 3. The van der Waals surface area contributed by atoms with Gasteiger partial charge in [0, 0.05) is 30.4 Å². The van der Waals surface area contributed by atoms with E-state index >= 15 is 0 Å². The first-order valence-electron chi connectivity index (χ1n) is 12.9. The Morgan fingerprint density at radius 3 is 2.33 bits per heavy atom. The Labute approximate surface area is 243 Å². The maximum absolute atomic E-state index is 13.8. The summed E-state index contributed by atoms with van der Waals surface area (Å²) in [6.45, 7) is 0.283. The van der Waals surface area contributed by atoms with Gasteiger partial charge in [0.1, 0.15) is 5.82 Å². The van der Waals surface area contributed by atoms with E-state index in [0.29, 0.717) is 47.0 Å². The highest BCUT2D eigenvalue weighted by atomic mass is 32.2. The van der Waals surface area contributed by atoms with E-state index in [1.54, 1.807) is 6.07 Å². The van der Waals surface area contributed by atoms with Gasteiger partial charge in [0.25, 0.3) is 0 Å². The number of imidazole rings is 1. The molecule has 222 valence electrons. The minimum Gasteiger partial charge on any atom is -0.505 e. The van der Waals surface area contributed by atoms with E-state index in [1.165, 1.54) is 18.3 Å². The molecule has 0 aliphatic rings. The molecule has 2 heterocycles. The number of aromatic hydroxyl groups is 1. The van der Waals surface area contributed by atoms with Crippen molar-refractivity contribution in [3.05, 3.63) is 96.4 Å². The average molecular weight is 613 g/mol. The number of hydrogen-bond acceptors (Lipinski definition) is 7. The molecule has 5 rings (SSSR count). The van der Waals surface area contributed by atoms with Crippen LogP contribution >= 0.6 is 0 Å². The van der Waals surface area contributed by atoms with Crippen molar-refractivity contribution in [3.8, 4) is 39.8 Å². The monoisotopic (exact) mass is 612 g/mol. The molecule has 0 saturated carbocycles. The van der Waals surface area contributed by atoms with Crippen LogP contribution in [0.2, 0.25) is 0 Å². The molecular weight excluding hydrogens is 588 g/mol. The van der Waals surface area contributed by atoms with Crippen LogP contribution in [0.4, 0.5) is 23.5 Å². The molecule has 0 radical (unpaired) electrons. The maximum atomic E-state index is 13.8. The molecule has 2 aromatic heterocycles. The molecule has 0 atom stereocenters. The second kappa shape index (κ2) is 12.2. The molecule has 9 nitrogen and oxygen atoms in total. The summed E-state index contributed by atoms with van der Waals surface area (Å²) in [5.41, 5.74) is 1.70. The van der Waals surface area contributed by atoms with Crippen LogP contribution in [0.25, 0.3) is 34.0 Å². The summed E-state index contributed by atoms with van der Waals surface area (Å²) in [5.74, 6) is -0.513. The number of sulfonamides is 1. The zero-order valence-electron chi connectivity index (χ0n) is 22.2. The van der Waals surface area contributed by atoms with Gasteiger partial charge in [-0.3, -0.25) is 0 Å². The molecule has 0 fully saturated rings. The van der Waals surface area contributed by atoms with Crippen molar-refractivity contribution in [3.63, 3.8) is 0 Å². The lowest BCUT2D eigenvalue weighted by molar-refractivity contribution is -0.137. The van der Waals surface area contributed by atoms with Crippen molar-refractivity contribution in [2.45, 2.75) is 17.5 Å². The number of benzene rings is 3. The van der Waals surface area contributed by atoms with Gasteiger partial charge < -0.3 is 15.4 Å². The molecule has 0 aliphatic carbocycles. The van der Waals surface area contributed by atoms with Crippen LogP contribution in [-0.4, -0.2) is 46.5 Å². The van der Waals surface area contributed by atoms with Gasteiger partial charge in [-0.05, 0) is 55.0 Å². The van der Waals surface area contributed by atoms with E-state index in [9.17, 15) is 31.1 Å². The smallest absolute Gasteiger partial charge is 0.416 e. The highest BCUT2D eigenvalue weighted by molar-refractivity contribution is 7.89. The Morgan fingerprint density at radius 2 is 1.63 bits per heavy atom. The Morgan fingerprint density at radius 1 is 0.884 bits per heavy atom. The largest absolute Gasteiger partial charge is 0.505 e. The quantitative estimate of drug-likeness (QED) is 0.115. The predicted molar refractivity (Wildman–Crippen MR) is 152 cm³/mol. The third kappa shape index (κ3) is 6.98. The first kappa shape index (κ1) is 29.7. The summed E-state index contributed by atoms with van der Waals surface area (Å²) in [6, 6.07) is 18.1. The number of aromatic nitrogens is 4. The third-order valence-corrected chi connectivity index (χ3v) is 7.78. The fourth-order valence-corrected chi connectivity index (χ4v) is 5.22. The molecule has 43 heavy (non-hydrogen) atoms. The Hall–Kier alpha value is -4.82. The van der Waals surface area contributed by atoms with Crippen LogP contribution in [0, 0.1) is 5.82 Å². The zero-order chi connectivity index (χ0) is 30.6. The minimum absolute atomic E-state index is 0.00916. The molecule has 0 spiro atoms. The summed E-state index contributed by atoms with van der Waals surface area (Å²) in [4.78, 5) is 16.4. The summed E-state index contributed by atoms with van der Waals surface area (Å²) < 4.78 is 79.3. The van der Waals surface area contributed by atoms with E-state index in [1.807, 2.05) is 30.3 Å². The van der Waals surface area contributed by atoms with Gasteiger partial charge in [-0.1, -0.05) is 30.3 Å². The van der Waals surface area contributed by atoms with Gasteiger partial charge >= 0.3 is 6.18 Å². The summed E-state index contributed by atoms with van der Waals surface area (Å²) in [5, 5.41) is 13.0. The first-order valence-corrected chi connectivity index (χ1v) is 14.4. The molecule has 0 unspecified atom stereocenters. The van der Waals surface area contributed by atoms with E-state index in [0.717, 1.165) is 23.8 Å². The van der Waals surface area contributed by atoms with Crippen LogP contribution in [0.1, 0.15) is 12.0 Å². The lowest BCUT2D eigenvalue weighted by atomic mass is 10.1. The first-order chi connectivity index (χ1) is 20.5. The van der Waals surface area contributed by atoms with Gasteiger partial charge in [-0.15, -0.1) is 0 Å². The van der Waals surface area contributed by atoms with Crippen molar-refractivity contribution < 1.29 is 31.1 Å². The topological polar surface area (TPSA) is 133 Å². The number of hydrogen-bond donors (Lipinski definition) is 4. The van der Waals surface area contributed by atoms with E-state index < -0.39 is 33.3 Å². The standard InChI is InChI=1S/C29H24F4N6O3S/c30-22-12-7-19(17-24(22)40)25-26(39-27(38-25)18-5-2-1-3-6-18)23-13-16-35-28(37-23)34-14-4-15-36-43(41,42)21-10-8-20(9-11-21)29(31,32)33/h1-3,5-13,16-17,36,40H,4,14-15H2,(H,38,39)(H,34,35,37). The van der Waals surface area contributed by atoms with Gasteiger partial charge in [-0.2, -0.15) is 13.2 Å². The third-order valence-electron chi connectivity index (χ3n) is 6.30. The number of aromatic amines is 1. The van der Waals surface area contributed by atoms with E-state index in [2.05, 4.69) is 30.0 Å². The van der Waals surface area contributed by atoms with Crippen LogP contribution in [0.5, 0.6) is 5.75 Å². The number of nitrogens with zero attached hydrogens (tertiary/aromatic N) is 3. The van der Waals surface area contributed by atoms with Crippen LogP contribution in [-0.2, 0) is 16.2 Å². The van der Waals surface area contributed by atoms with Crippen LogP contribution < -0.4 is 10.0 Å². The number of phenols is 1. The lowest BCUT2D eigenvalue weighted by Crippen LogP contribution is -2.26. The Kier molecular flexibility index (Phi) is 8.41. The van der Waals surface area contributed by atoms with E-state index in [4.69, 9.17) is 0 Å². The molecule has 14 heteroatoms. The average Bonchev–Trinajstić information content (AvgIpc) is 3.44.